The molecule has 0 saturated carbocycles. The highest BCUT2D eigenvalue weighted by Gasteiger charge is 2.23. The average Bonchev–Trinajstić information content (AvgIpc) is 3.33. The maximum absolute atomic E-state index is 12.9. The van der Waals surface area contributed by atoms with E-state index in [1.54, 1.807) is 28.4 Å². The van der Waals surface area contributed by atoms with Crippen molar-refractivity contribution < 1.29 is 4.79 Å². The summed E-state index contributed by atoms with van der Waals surface area (Å²) in [6, 6.07) is 11.4. The number of rotatable bonds is 5. The fraction of sp³-hybridized carbons (Fsp3) is 0.211. The summed E-state index contributed by atoms with van der Waals surface area (Å²) in [6.45, 7) is 4.55. The highest BCUT2D eigenvalue weighted by molar-refractivity contribution is 7.14. The summed E-state index contributed by atoms with van der Waals surface area (Å²) in [4.78, 5) is 19.2. The Kier molecular flexibility index (Phi) is 5.27. The zero-order valence-electron chi connectivity index (χ0n) is 14.0. The van der Waals surface area contributed by atoms with Crippen LogP contribution in [-0.2, 0) is 0 Å². The minimum atomic E-state index is -0.0865. The molecular formula is C19H17N3OS2. The van der Waals surface area contributed by atoms with Crippen LogP contribution in [-0.4, -0.2) is 22.3 Å². The lowest BCUT2D eigenvalue weighted by molar-refractivity contribution is 0.0697. The van der Waals surface area contributed by atoms with E-state index in [9.17, 15) is 4.79 Å². The number of hydrogen-bond donors (Lipinski definition) is 0. The number of thiophene rings is 1. The van der Waals surface area contributed by atoms with Crippen molar-refractivity contribution in [3.05, 3.63) is 63.3 Å². The van der Waals surface area contributed by atoms with Gasteiger partial charge < -0.3 is 4.90 Å². The van der Waals surface area contributed by atoms with Crippen molar-refractivity contribution in [3.8, 4) is 16.6 Å². The summed E-state index contributed by atoms with van der Waals surface area (Å²) in [5, 5.41) is 15.6. The van der Waals surface area contributed by atoms with E-state index >= 15 is 0 Å². The Labute approximate surface area is 155 Å². The Morgan fingerprint density at radius 1 is 1.28 bits per heavy atom. The molecule has 1 amide bonds. The van der Waals surface area contributed by atoms with Gasteiger partial charge in [0, 0.05) is 22.9 Å². The zero-order valence-corrected chi connectivity index (χ0v) is 15.6. The second kappa shape index (κ2) is 7.60. The van der Waals surface area contributed by atoms with E-state index in [-0.39, 0.29) is 11.9 Å². The molecule has 0 bridgehead atoms. The van der Waals surface area contributed by atoms with Crippen LogP contribution in [0.15, 0.2) is 46.5 Å². The molecule has 4 nitrogen and oxygen atoms in total. The number of benzene rings is 1. The van der Waals surface area contributed by atoms with Gasteiger partial charge in [-0.15, -0.1) is 11.3 Å². The lowest BCUT2D eigenvalue weighted by atomic mass is 10.0. The molecule has 0 radical (unpaired) electrons. The van der Waals surface area contributed by atoms with Crippen LogP contribution in [0.5, 0.6) is 0 Å². The number of carbonyl (C=O) groups is 1. The highest BCUT2D eigenvalue weighted by Crippen LogP contribution is 2.28. The molecule has 1 aromatic carbocycles. The van der Waals surface area contributed by atoms with E-state index in [4.69, 9.17) is 5.26 Å². The Morgan fingerprint density at radius 3 is 2.64 bits per heavy atom. The van der Waals surface area contributed by atoms with Crippen LogP contribution in [0.3, 0.4) is 0 Å². The van der Waals surface area contributed by atoms with Gasteiger partial charge in [-0.05, 0) is 43.0 Å². The van der Waals surface area contributed by atoms with Gasteiger partial charge in [-0.2, -0.15) is 16.6 Å². The van der Waals surface area contributed by atoms with Crippen molar-refractivity contribution in [2.24, 2.45) is 0 Å². The van der Waals surface area contributed by atoms with Gasteiger partial charge in [0.05, 0.1) is 17.7 Å². The average molecular weight is 367 g/mol. The summed E-state index contributed by atoms with van der Waals surface area (Å²) in [6.07, 6.45) is 0. The first kappa shape index (κ1) is 17.3. The monoisotopic (exact) mass is 367 g/mol. The summed E-state index contributed by atoms with van der Waals surface area (Å²) >= 11 is 3.10. The minimum absolute atomic E-state index is 0.0721. The largest absolute Gasteiger partial charge is 0.331 e. The van der Waals surface area contributed by atoms with Crippen LogP contribution in [0.4, 0.5) is 0 Å². The smallest absolute Gasteiger partial charge is 0.273 e. The Hall–Kier alpha value is -2.49. The first-order valence-electron chi connectivity index (χ1n) is 7.93. The molecule has 25 heavy (non-hydrogen) atoms. The second-order valence-electron chi connectivity index (χ2n) is 5.55. The number of nitriles is 1. The number of thiazole rings is 1. The van der Waals surface area contributed by atoms with Gasteiger partial charge in [0.1, 0.15) is 10.7 Å². The van der Waals surface area contributed by atoms with Gasteiger partial charge in [-0.3, -0.25) is 4.79 Å². The van der Waals surface area contributed by atoms with E-state index in [2.05, 4.69) is 11.1 Å². The molecule has 2 heterocycles. The van der Waals surface area contributed by atoms with Crippen molar-refractivity contribution in [2.75, 3.05) is 6.54 Å². The standard InChI is InChI=1S/C19H17N3OS2/c1-3-22(13(2)15-6-4-14(10-20)5-7-15)19(23)17-12-25-18(21-17)16-8-9-24-11-16/h4-9,11-13H,3H2,1-2H3. The summed E-state index contributed by atoms with van der Waals surface area (Å²) in [5.74, 6) is -0.0721. The molecule has 3 aromatic rings. The van der Waals surface area contributed by atoms with Gasteiger partial charge in [0.25, 0.3) is 5.91 Å². The van der Waals surface area contributed by atoms with Crippen molar-refractivity contribution >= 4 is 28.6 Å². The number of amides is 1. The van der Waals surface area contributed by atoms with E-state index in [1.165, 1.54) is 11.3 Å². The fourth-order valence-corrected chi connectivity index (χ4v) is 4.15. The lowest BCUT2D eigenvalue weighted by Gasteiger charge is -2.27. The third-order valence-electron chi connectivity index (χ3n) is 4.08. The zero-order chi connectivity index (χ0) is 17.8. The van der Waals surface area contributed by atoms with E-state index in [1.807, 2.05) is 48.2 Å². The predicted octanol–water partition coefficient (Wildman–Crippen LogP) is 4.97. The molecular weight excluding hydrogens is 350 g/mol. The number of hydrogen-bond acceptors (Lipinski definition) is 5. The van der Waals surface area contributed by atoms with Gasteiger partial charge in [0.15, 0.2) is 0 Å². The quantitative estimate of drug-likeness (QED) is 0.640. The molecule has 126 valence electrons. The maximum Gasteiger partial charge on any atom is 0.273 e. The number of carbonyl (C=O) groups excluding carboxylic acids is 1. The van der Waals surface area contributed by atoms with Crippen molar-refractivity contribution in [2.45, 2.75) is 19.9 Å². The third kappa shape index (κ3) is 3.63. The minimum Gasteiger partial charge on any atom is -0.331 e. The van der Waals surface area contributed by atoms with Crippen LogP contribution >= 0.6 is 22.7 Å². The normalized spacial score (nSPS) is 11.7. The molecule has 3 rings (SSSR count). The van der Waals surface area contributed by atoms with E-state index in [0.29, 0.717) is 17.8 Å². The summed E-state index contributed by atoms with van der Waals surface area (Å²) < 4.78 is 0. The highest BCUT2D eigenvalue weighted by atomic mass is 32.1. The first-order chi connectivity index (χ1) is 12.1. The summed E-state index contributed by atoms with van der Waals surface area (Å²) in [5.41, 5.74) is 3.15. The molecule has 0 spiro atoms. The Bertz CT molecular complexity index is 892. The number of aromatic nitrogens is 1. The van der Waals surface area contributed by atoms with E-state index < -0.39 is 0 Å². The molecule has 0 N–H and O–H groups in total. The van der Waals surface area contributed by atoms with Gasteiger partial charge in [0.2, 0.25) is 0 Å². The Balaban J connectivity index is 1.82. The molecule has 0 fully saturated rings. The van der Waals surface area contributed by atoms with Gasteiger partial charge in [-0.1, -0.05) is 12.1 Å². The van der Waals surface area contributed by atoms with Crippen LogP contribution in [0.1, 0.15) is 41.5 Å². The molecule has 0 saturated heterocycles. The Morgan fingerprint density at radius 2 is 2.04 bits per heavy atom. The second-order valence-corrected chi connectivity index (χ2v) is 7.19. The molecule has 1 unspecified atom stereocenters. The SMILES string of the molecule is CCN(C(=O)c1csc(-c2ccsc2)n1)C(C)c1ccc(C#N)cc1. The van der Waals surface area contributed by atoms with Gasteiger partial charge in [-0.25, -0.2) is 4.98 Å². The molecule has 0 aliphatic carbocycles. The van der Waals surface area contributed by atoms with Crippen LogP contribution < -0.4 is 0 Å². The van der Waals surface area contributed by atoms with Crippen molar-refractivity contribution in [1.82, 2.24) is 9.88 Å². The molecule has 1 atom stereocenters. The van der Waals surface area contributed by atoms with Crippen LogP contribution in [0.25, 0.3) is 10.6 Å². The molecule has 2 aromatic heterocycles. The summed E-state index contributed by atoms with van der Waals surface area (Å²) in [7, 11) is 0. The lowest BCUT2D eigenvalue weighted by Crippen LogP contribution is -2.33. The maximum atomic E-state index is 12.9. The fourth-order valence-electron chi connectivity index (χ4n) is 2.65. The third-order valence-corrected chi connectivity index (χ3v) is 5.66. The molecule has 6 heteroatoms. The first-order valence-corrected chi connectivity index (χ1v) is 9.75. The van der Waals surface area contributed by atoms with Crippen LogP contribution in [0, 0.1) is 11.3 Å². The van der Waals surface area contributed by atoms with E-state index in [0.717, 1.165) is 16.1 Å². The van der Waals surface area contributed by atoms with Crippen molar-refractivity contribution in [3.63, 3.8) is 0 Å². The van der Waals surface area contributed by atoms with Gasteiger partial charge >= 0.3 is 0 Å². The number of nitrogens with zero attached hydrogens (tertiary/aromatic N) is 3. The van der Waals surface area contributed by atoms with Crippen LogP contribution in [0.2, 0.25) is 0 Å². The van der Waals surface area contributed by atoms with Crippen molar-refractivity contribution in [1.29, 1.82) is 5.26 Å². The predicted molar refractivity (Wildman–Crippen MR) is 102 cm³/mol. The molecule has 0 aliphatic heterocycles. The topological polar surface area (TPSA) is 57.0 Å². The molecule has 0 aliphatic rings.